The SMILES string of the molecule is CN1Cc2ccc(Cl)cc2C[C@@H]1CNC(=O)CCc1cccc(F)c1. The molecular formula is C20H22ClFN2O. The lowest BCUT2D eigenvalue weighted by Crippen LogP contribution is -2.45. The lowest BCUT2D eigenvalue weighted by Gasteiger charge is -2.34. The number of likely N-dealkylation sites (N-methyl/N-ethyl adjacent to an activating group) is 1. The molecular weight excluding hydrogens is 339 g/mol. The molecule has 25 heavy (non-hydrogen) atoms. The highest BCUT2D eigenvalue weighted by Crippen LogP contribution is 2.24. The van der Waals surface area contributed by atoms with Crippen LogP contribution >= 0.6 is 11.6 Å². The van der Waals surface area contributed by atoms with Crippen LogP contribution in [0, 0.1) is 5.82 Å². The van der Waals surface area contributed by atoms with Gasteiger partial charge in [0.1, 0.15) is 5.82 Å². The van der Waals surface area contributed by atoms with Crippen molar-refractivity contribution in [2.75, 3.05) is 13.6 Å². The quantitative estimate of drug-likeness (QED) is 0.883. The van der Waals surface area contributed by atoms with Crippen LogP contribution in [0.15, 0.2) is 42.5 Å². The van der Waals surface area contributed by atoms with Gasteiger partial charge in [-0.2, -0.15) is 0 Å². The second-order valence-corrected chi connectivity index (χ2v) is 7.06. The van der Waals surface area contributed by atoms with Crippen LogP contribution < -0.4 is 5.32 Å². The van der Waals surface area contributed by atoms with Crippen LogP contribution in [0.2, 0.25) is 5.02 Å². The van der Waals surface area contributed by atoms with E-state index in [4.69, 9.17) is 11.6 Å². The fraction of sp³-hybridized carbons (Fsp3) is 0.350. The molecule has 0 saturated heterocycles. The van der Waals surface area contributed by atoms with E-state index in [-0.39, 0.29) is 17.8 Å². The molecule has 2 aromatic carbocycles. The van der Waals surface area contributed by atoms with Crippen LogP contribution in [0.3, 0.4) is 0 Å². The highest BCUT2D eigenvalue weighted by atomic mass is 35.5. The summed E-state index contributed by atoms with van der Waals surface area (Å²) >= 11 is 6.09. The number of aryl methyl sites for hydroxylation is 1. The maximum atomic E-state index is 13.2. The fourth-order valence-corrected chi connectivity index (χ4v) is 3.44. The van der Waals surface area contributed by atoms with Crippen molar-refractivity contribution in [3.63, 3.8) is 0 Å². The van der Waals surface area contributed by atoms with Gasteiger partial charge in [-0.15, -0.1) is 0 Å². The second kappa shape index (κ2) is 7.98. The van der Waals surface area contributed by atoms with Crippen molar-refractivity contribution >= 4 is 17.5 Å². The van der Waals surface area contributed by atoms with Gasteiger partial charge in [0.05, 0.1) is 0 Å². The van der Waals surface area contributed by atoms with E-state index < -0.39 is 0 Å². The summed E-state index contributed by atoms with van der Waals surface area (Å²) in [7, 11) is 2.07. The zero-order valence-corrected chi connectivity index (χ0v) is 15.0. The van der Waals surface area contributed by atoms with Gasteiger partial charge in [-0.3, -0.25) is 9.69 Å². The third-order valence-electron chi connectivity index (χ3n) is 4.73. The minimum absolute atomic E-state index is 0.00504. The van der Waals surface area contributed by atoms with Crippen LogP contribution in [0.1, 0.15) is 23.1 Å². The number of hydrogen-bond acceptors (Lipinski definition) is 2. The number of carbonyl (C=O) groups excluding carboxylic acids is 1. The lowest BCUT2D eigenvalue weighted by atomic mass is 9.94. The number of rotatable bonds is 5. The largest absolute Gasteiger partial charge is 0.355 e. The van der Waals surface area contributed by atoms with Gasteiger partial charge in [-0.05, 0) is 60.8 Å². The number of hydrogen-bond donors (Lipinski definition) is 1. The summed E-state index contributed by atoms with van der Waals surface area (Å²) in [5.74, 6) is -0.270. The highest BCUT2D eigenvalue weighted by molar-refractivity contribution is 6.30. The molecule has 1 heterocycles. The lowest BCUT2D eigenvalue weighted by molar-refractivity contribution is -0.121. The molecule has 0 aromatic heterocycles. The molecule has 0 bridgehead atoms. The number of carbonyl (C=O) groups is 1. The average Bonchev–Trinajstić information content (AvgIpc) is 2.58. The van der Waals surface area contributed by atoms with Gasteiger partial charge in [-0.1, -0.05) is 29.8 Å². The molecule has 0 unspecified atom stereocenters. The summed E-state index contributed by atoms with van der Waals surface area (Å²) in [5.41, 5.74) is 3.39. The Kier molecular flexibility index (Phi) is 5.71. The van der Waals surface area contributed by atoms with Crippen molar-refractivity contribution in [1.29, 1.82) is 0 Å². The second-order valence-electron chi connectivity index (χ2n) is 6.62. The molecule has 0 radical (unpaired) electrons. The molecule has 1 atom stereocenters. The molecule has 132 valence electrons. The number of halogens is 2. The first-order chi connectivity index (χ1) is 12.0. The van der Waals surface area contributed by atoms with Gasteiger partial charge >= 0.3 is 0 Å². The Morgan fingerprint density at radius 1 is 1.28 bits per heavy atom. The summed E-state index contributed by atoms with van der Waals surface area (Å²) in [6, 6.07) is 12.7. The first kappa shape index (κ1) is 17.9. The molecule has 0 aliphatic carbocycles. The summed E-state index contributed by atoms with van der Waals surface area (Å²) in [4.78, 5) is 14.4. The predicted octanol–water partition coefficient (Wildman–Crippen LogP) is 3.58. The molecule has 0 saturated carbocycles. The fourth-order valence-electron chi connectivity index (χ4n) is 3.24. The first-order valence-corrected chi connectivity index (χ1v) is 8.88. The van der Waals surface area contributed by atoms with Gasteiger partial charge < -0.3 is 5.32 Å². The molecule has 0 fully saturated rings. The monoisotopic (exact) mass is 360 g/mol. The van der Waals surface area contributed by atoms with E-state index in [1.807, 2.05) is 18.2 Å². The van der Waals surface area contributed by atoms with Crippen LogP contribution in [0.5, 0.6) is 0 Å². The highest BCUT2D eigenvalue weighted by Gasteiger charge is 2.23. The molecule has 1 aliphatic rings. The van der Waals surface area contributed by atoms with Gasteiger partial charge in [0, 0.05) is 30.6 Å². The number of amides is 1. The third-order valence-corrected chi connectivity index (χ3v) is 4.97. The third kappa shape index (κ3) is 4.80. The minimum Gasteiger partial charge on any atom is -0.355 e. The van der Waals surface area contributed by atoms with Crippen molar-refractivity contribution in [2.45, 2.75) is 31.8 Å². The van der Waals surface area contributed by atoms with E-state index in [1.54, 1.807) is 6.07 Å². The molecule has 2 aromatic rings. The Morgan fingerprint density at radius 3 is 2.92 bits per heavy atom. The van der Waals surface area contributed by atoms with E-state index in [0.717, 1.165) is 23.6 Å². The predicted molar refractivity (Wildman–Crippen MR) is 98.1 cm³/mol. The zero-order valence-electron chi connectivity index (χ0n) is 14.3. The van der Waals surface area contributed by atoms with Crippen LogP contribution in [0.4, 0.5) is 4.39 Å². The Bertz CT molecular complexity index is 765. The molecule has 1 N–H and O–H groups in total. The number of benzene rings is 2. The Morgan fingerprint density at radius 2 is 2.12 bits per heavy atom. The minimum atomic E-state index is -0.265. The topological polar surface area (TPSA) is 32.3 Å². The van der Waals surface area contributed by atoms with E-state index in [0.29, 0.717) is 19.4 Å². The van der Waals surface area contributed by atoms with Crippen LogP contribution in [-0.4, -0.2) is 30.4 Å². The van der Waals surface area contributed by atoms with Crippen molar-refractivity contribution in [2.24, 2.45) is 0 Å². The standard InChI is InChI=1S/C20H22ClFN2O/c1-24-13-15-6-7-17(21)10-16(15)11-19(24)12-23-20(25)8-5-14-3-2-4-18(22)9-14/h2-4,6-7,9-10,19H,5,8,11-13H2,1H3,(H,23,25)/t19-/m1/s1. The smallest absolute Gasteiger partial charge is 0.220 e. The summed E-state index contributed by atoms with van der Waals surface area (Å²) in [5, 5.41) is 3.76. The maximum absolute atomic E-state index is 13.2. The number of fused-ring (bicyclic) bond motifs is 1. The van der Waals surface area contributed by atoms with Crippen molar-refractivity contribution in [3.8, 4) is 0 Å². The molecule has 5 heteroatoms. The Hall–Kier alpha value is -1.91. The zero-order chi connectivity index (χ0) is 17.8. The summed E-state index contributed by atoms with van der Waals surface area (Å²) in [6.45, 7) is 1.46. The van der Waals surface area contributed by atoms with Gasteiger partial charge in [0.2, 0.25) is 5.91 Å². The Balaban J connectivity index is 1.50. The molecule has 1 amide bonds. The first-order valence-electron chi connectivity index (χ1n) is 8.50. The maximum Gasteiger partial charge on any atom is 0.220 e. The summed E-state index contributed by atoms with van der Waals surface area (Å²) in [6.07, 6.45) is 1.78. The number of nitrogens with zero attached hydrogens (tertiary/aromatic N) is 1. The van der Waals surface area contributed by atoms with Crippen molar-refractivity contribution in [3.05, 3.63) is 70.0 Å². The van der Waals surface area contributed by atoms with Crippen LogP contribution in [0.25, 0.3) is 0 Å². The molecule has 3 nitrogen and oxygen atoms in total. The van der Waals surface area contributed by atoms with E-state index in [2.05, 4.69) is 23.3 Å². The average molecular weight is 361 g/mol. The normalized spacial score (nSPS) is 17.2. The molecule has 0 spiro atoms. The molecule has 3 rings (SSSR count). The Labute approximate surface area is 152 Å². The van der Waals surface area contributed by atoms with Gasteiger partial charge in [-0.25, -0.2) is 4.39 Å². The van der Waals surface area contributed by atoms with E-state index in [1.165, 1.54) is 23.3 Å². The molecule has 1 aliphatic heterocycles. The van der Waals surface area contributed by atoms with Gasteiger partial charge in [0.15, 0.2) is 0 Å². The van der Waals surface area contributed by atoms with Gasteiger partial charge in [0.25, 0.3) is 0 Å². The number of nitrogens with one attached hydrogen (secondary N) is 1. The van der Waals surface area contributed by atoms with E-state index >= 15 is 0 Å². The van der Waals surface area contributed by atoms with Crippen molar-refractivity contribution < 1.29 is 9.18 Å². The summed E-state index contributed by atoms with van der Waals surface area (Å²) < 4.78 is 13.2. The van der Waals surface area contributed by atoms with Crippen molar-refractivity contribution in [1.82, 2.24) is 10.2 Å². The van der Waals surface area contributed by atoms with E-state index in [9.17, 15) is 9.18 Å². The van der Waals surface area contributed by atoms with Crippen LogP contribution in [-0.2, 0) is 24.2 Å².